The fourth-order valence-electron chi connectivity index (χ4n) is 4.57. The van der Waals surface area contributed by atoms with Gasteiger partial charge in [0.25, 0.3) is 0 Å². The van der Waals surface area contributed by atoms with Crippen LogP contribution in [0.25, 0.3) is 0 Å². The molecule has 10 heteroatoms. The molecule has 0 amide bonds. The molecule has 0 radical (unpaired) electrons. The Bertz CT molecular complexity index is 855. The molecule has 2 unspecified atom stereocenters. The predicted octanol–water partition coefficient (Wildman–Crippen LogP) is 9.24. The number of hydrogen-bond donors (Lipinski definition) is 1. The van der Waals surface area contributed by atoms with Crippen LogP contribution in [0.4, 0.5) is 0 Å². The van der Waals surface area contributed by atoms with Crippen molar-refractivity contribution in [2.75, 3.05) is 47.5 Å². The van der Waals surface area contributed by atoms with Gasteiger partial charge in [0, 0.05) is 12.8 Å². The van der Waals surface area contributed by atoms with E-state index in [0.29, 0.717) is 17.4 Å². The molecule has 9 nitrogen and oxygen atoms in total. The Morgan fingerprint density at radius 3 is 1.74 bits per heavy atom. The second-order valence-corrected chi connectivity index (χ2v) is 14.7. The van der Waals surface area contributed by atoms with E-state index in [2.05, 4.69) is 38.2 Å². The van der Waals surface area contributed by atoms with Crippen molar-refractivity contribution < 1.29 is 42.1 Å². The first-order chi connectivity index (χ1) is 22.0. The normalized spacial score (nSPS) is 14.1. The van der Waals surface area contributed by atoms with Crippen LogP contribution in [0.15, 0.2) is 24.3 Å². The molecule has 270 valence electrons. The van der Waals surface area contributed by atoms with Gasteiger partial charge in [-0.3, -0.25) is 18.6 Å². The summed E-state index contributed by atoms with van der Waals surface area (Å²) < 4.78 is 33.9. The molecule has 0 aliphatic carbocycles. The summed E-state index contributed by atoms with van der Waals surface area (Å²) in [6.07, 6.45) is 28.2. The van der Waals surface area contributed by atoms with E-state index < -0.39 is 26.5 Å². The lowest BCUT2D eigenvalue weighted by atomic mass is 10.1. The first kappa shape index (κ1) is 44.5. The quantitative estimate of drug-likeness (QED) is 0.0247. The van der Waals surface area contributed by atoms with Crippen LogP contribution in [0.2, 0.25) is 0 Å². The maximum atomic E-state index is 12.6. The number of unbranched alkanes of at least 4 members (excludes halogenated alkanes) is 14. The van der Waals surface area contributed by atoms with E-state index in [1.54, 1.807) is 0 Å². The molecule has 0 aliphatic heterocycles. The average molecular weight is 675 g/mol. The number of phosphoric ester groups is 1. The molecule has 0 saturated carbocycles. The van der Waals surface area contributed by atoms with Crippen LogP contribution in [0, 0.1) is 0 Å². The zero-order chi connectivity index (χ0) is 34.4. The van der Waals surface area contributed by atoms with Crippen molar-refractivity contribution >= 4 is 19.8 Å². The minimum atomic E-state index is -4.36. The highest BCUT2D eigenvalue weighted by Crippen LogP contribution is 2.43. The second kappa shape index (κ2) is 29.6. The molecule has 0 fully saturated rings. The van der Waals surface area contributed by atoms with Gasteiger partial charge in [0.15, 0.2) is 6.10 Å². The van der Waals surface area contributed by atoms with Crippen molar-refractivity contribution in [2.45, 2.75) is 148 Å². The van der Waals surface area contributed by atoms with Crippen LogP contribution in [0.5, 0.6) is 0 Å². The summed E-state index contributed by atoms with van der Waals surface area (Å²) in [5.41, 5.74) is 0. The Labute approximate surface area is 281 Å². The highest BCUT2D eigenvalue weighted by molar-refractivity contribution is 7.47. The maximum absolute atomic E-state index is 12.6. The lowest BCUT2D eigenvalue weighted by Gasteiger charge is -2.24. The minimum absolute atomic E-state index is 0.0296. The molecule has 0 rings (SSSR count). The fraction of sp³-hybridized carbons (Fsp3) is 0.833. The van der Waals surface area contributed by atoms with E-state index in [1.807, 2.05) is 21.1 Å². The van der Waals surface area contributed by atoms with Crippen LogP contribution < -0.4 is 0 Å². The van der Waals surface area contributed by atoms with E-state index in [-0.39, 0.29) is 32.0 Å². The van der Waals surface area contributed by atoms with Gasteiger partial charge in [0.2, 0.25) is 0 Å². The predicted molar refractivity (Wildman–Crippen MR) is 187 cm³/mol. The lowest BCUT2D eigenvalue weighted by Crippen LogP contribution is -2.37. The number of rotatable bonds is 32. The molecular formula is C36H69NO8P+. The Hall–Kier alpha value is -1.51. The van der Waals surface area contributed by atoms with Crippen molar-refractivity contribution in [1.29, 1.82) is 0 Å². The maximum Gasteiger partial charge on any atom is 0.472 e. The molecule has 2 atom stereocenters. The number of quaternary nitrogens is 1. The number of allylic oxidation sites excluding steroid dienone is 4. The summed E-state index contributed by atoms with van der Waals surface area (Å²) >= 11 is 0. The fourth-order valence-corrected chi connectivity index (χ4v) is 5.31. The van der Waals surface area contributed by atoms with Gasteiger partial charge in [0.1, 0.15) is 19.8 Å². The SMILES string of the molecule is CCCCCC/C=C\C/C=C\CCCCCCCC(=O)OC(COC(=O)CCCCCCCC)COP(=O)(O)OCC[N+](C)(C)C. The van der Waals surface area contributed by atoms with Gasteiger partial charge >= 0.3 is 19.8 Å². The first-order valence-electron chi connectivity index (χ1n) is 18.1. The van der Waals surface area contributed by atoms with E-state index in [0.717, 1.165) is 64.2 Å². The van der Waals surface area contributed by atoms with Gasteiger partial charge in [-0.2, -0.15) is 0 Å². The summed E-state index contributed by atoms with van der Waals surface area (Å²) in [4.78, 5) is 34.9. The van der Waals surface area contributed by atoms with E-state index >= 15 is 0 Å². The van der Waals surface area contributed by atoms with E-state index in [1.165, 1.54) is 44.9 Å². The van der Waals surface area contributed by atoms with Crippen molar-refractivity contribution in [1.82, 2.24) is 0 Å². The molecule has 46 heavy (non-hydrogen) atoms. The summed E-state index contributed by atoms with van der Waals surface area (Å²) in [7, 11) is 1.46. The number of carbonyl (C=O) groups excluding carboxylic acids is 2. The molecule has 0 aromatic heterocycles. The summed E-state index contributed by atoms with van der Waals surface area (Å²) in [5, 5.41) is 0. The van der Waals surface area contributed by atoms with Gasteiger partial charge in [-0.1, -0.05) is 109 Å². The summed E-state index contributed by atoms with van der Waals surface area (Å²) in [6, 6.07) is 0. The van der Waals surface area contributed by atoms with Crippen LogP contribution >= 0.6 is 7.82 Å². The van der Waals surface area contributed by atoms with Gasteiger partial charge < -0.3 is 18.9 Å². The van der Waals surface area contributed by atoms with Gasteiger partial charge in [0.05, 0.1) is 27.7 Å². The zero-order valence-corrected chi connectivity index (χ0v) is 31.0. The molecular weight excluding hydrogens is 605 g/mol. The monoisotopic (exact) mass is 674 g/mol. The highest BCUT2D eigenvalue weighted by atomic mass is 31.2. The van der Waals surface area contributed by atoms with E-state index in [9.17, 15) is 19.0 Å². The number of carbonyl (C=O) groups is 2. The number of nitrogens with zero attached hydrogens (tertiary/aromatic N) is 1. The molecule has 0 heterocycles. The number of ether oxygens (including phenoxy) is 2. The summed E-state index contributed by atoms with van der Waals surface area (Å²) in [5.74, 6) is -0.826. The Morgan fingerprint density at radius 1 is 0.674 bits per heavy atom. The Morgan fingerprint density at radius 2 is 1.17 bits per heavy atom. The van der Waals surface area contributed by atoms with Crippen molar-refractivity contribution in [2.24, 2.45) is 0 Å². The first-order valence-corrected chi connectivity index (χ1v) is 19.6. The van der Waals surface area contributed by atoms with Gasteiger partial charge in [-0.05, 0) is 44.9 Å². The zero-order valence-electron chi connectivity index (χ0n) is 30.1. The number of likely N-dealkylation sites (N-methyl/N-ethyl adjacent to an activating group) is 1. The van der Waals surface area contributed by atoms with Crippen LogP contribution in [0.1, 0.15) is 142 Å². The summed E-state index contributed by atoms with van der Waals surface area (Å²) in [6.45, 7) is 4.30. The second-order valence-electron chi connectivity index (χ2n) is 13.3. The molecule has 0 aliphatic rings. The highest BCUT2D eigenvalue weighted by Gasteiger charge is 2.27. The van der Waals surface area contributed by atoms with Crippen LogP contribution in [0.3, 0.4) is 0 Å². The van der Waals surface area contributed by atoms with Gasteiger partial charge in [-0.25, -0.2) is 4.57 Å². The van der Waals surface area contributed by atoms with Crippen LogP contribution in [-0.2, 0) is 32.7 Å². The molecule has 0 bridgehead atoms. The molecule has 0 saturated heterocycles. The van der Waals surface area contributed by atoms with Crippen LogP contribution in [-0.4, -0.2) is 74.9 Å². The molecule has 0 aromatic carbocycles. The lowest BCUT2D eigenvalue weighted by molar-refractivity contribution is -0.870. The average Bonchev–Trinajstić information content (AvgIpc) is 2.99. The van der Waals surface area contributed by atoms with E-state index in [4.69, 9.17) is 18.5 Å². The third kappa shape index (κ3) is 32.4. The van der Waals surface area contributed by atoms with Crippen molar-refractivity contribution in [3.8, 4) is 0 Å². The third-order valence-corrected chi connectivity index (χ3v) is 8.47. The van der Waals surface area contributed by atoms with Crippen molar-refractivity contribution in [3.05, 3.63) is 24.3 Å². The number of phosphoric acid groups is 1. The third-order valence-electron chi connectivity index (χ3n) is 7.48. The molecule has 1 N–H and O–H groups in total. The molecule has 0 aromatic rings. The molecule has 0 spiro atoms. The Balaban J connectivity index is 4.41. The smallest absolute Gasteiger partial charge is 0.462 e. The number of hydrogen-bond acceptors (Lipinski definition) is 7. The topological polar surface area (TPSA) is 108 Å². The minimum Gasteiger partial charge on any atom is -0.462 e. The largest absolute Gasteiger partial charge is 0.472 e. The Kier molecular flexibility index (Phi) is 28.6. The van der Waals surface area contributed by atoms with Crippen molar-refractivity contribution in [3.63, 3.8) is 0 Å². The van der Waals surface area contributed by atoms with Gasteiger partial charge in [-0.15, -0.1) is 0 Å². The standard InChI is InChI=1S/C36H68NO8P/c1-6-8-10-12-14-15-16-17-18-19-20-21-22-23-25-27-29-36(39)45-34(32-42-35(38)28-26-24-13-11-9-7-2)33-44-46(40,41)43-31-30-37(3,4)5/h15-16,18-19,34H,6-14,17,20-33H2,1-5H3/p+1/b16-15-,19-18-. The number of esters is 2.